The molecule has 0 radical (unpaired) electrons. The molecule has 3 heterocycles. The molecular formula is C19H27N3O3S3. The van der Waals surface area contributed by atoms with Crippen molar-refractivity contribution in [2.45, 2.75) is 46.5 Å². The molecule has 0 unspecified atom stereocenters. The number of unbranched alkanes of at least 4 members (excludes halogenated alkanes) is 1. The molecule has 1 saturated heterocycles. The van der Waals surface area contributed by atoms with Gasteiger partial charge in [0.05, 0.1) is 16.3 Å². The number of aryl methyl sites for hydroxylation is 2. The molecule has 2 aromatic heterocycles. The average molecular weight is 442 g/mol. The summed E-state index contributed by atoms with van der Waals surface area (Å²) in [6, 6.07) is 4.13. The van der Waals surface area contributed by atoms with Crippen LogP contribution < -0.4 is 5.32 Å². The quantitative estimate of drug-likeness (QED) is 0.696. The summed E-state index contributed by atoms with van der Waals surface area (Å²) in [6.07, 6.45) is 2.65. The fourth-order valence-corrected chi connectivity index (χ4v) is 6.79. The predicted octanol–water partition coefficient (Wildman–Crippen LogP) is 4.27. The maximum Gasteiger partial charge on any atom is 0.229 e. The number of hydrogen-bond acceptors (Lipinski definition) is 6. The van der Waals surface area contributed by atoms with Gasteiger partial charge in [0, 0.05) is 28.8 Å². The molecule has 1 N–H and O–H groups in total. The lowest BCUT2D eigenvalue weighted by atomic mass is 9.97. The molecule has 3 rings (SSSR count). The van der Waals surface area contributed by atoms with Gasteiger partial charge in [0.25, 0.3) is 0 Å². The minimum Gasteiger partial charge on any atom is -0.302 e. The van der Waals surface area contributed by atoms with Gasteiger partial charge in [-0.15, -0.1) is 22.7 Å². The number of nitrogens with one attached hydrogen (secondary N) is 1. The Morgan fingerprint density at radius 3 is 2.57 bits per heavy atom. The molecule has 1 fully saturated rings. The lowest BCUT2D eigenvalue weighted by Gasteiger charge is -2.30. The van der Waals surface area contributed by atoms with Crippen LogP contribution in [0.15, 0.2) is 12.1 Å². The first-order valence-electron chi connectivity index (χ1n) is 9.63. The largest absolute Gasteiger partial charge is 0.302 e. The molecule has 0 aromatic carbocycles. The van der Waals surface area contributed by atoms with Crippen molar-refractivity contribution in [2.75, 3.05) is 24.2 Å². The first-order chi connectivity index (χ1) is 13.3. The van der Waals surface area contributed by atoms with Crippen LogP contribution in [0.4, 0.5) is 5.13 Å². The maximum absolute atomic E-state index is 12.6. The Balaban J connectivity index is 1.58. The molecule has 2 aromatic rings. The Bertz CT molecular complexity index is 925. The second kappa shape index (κ2) is 9.02. The lowest BCUT2D eigenvalue weighted by Crippen LogP contribution is -2.42. The predicted molar refractivity (Wildman–Crippen MR) is 117 cm³/mol. The van der Waals surface area contributed by atoms with Crippen molar-refractivity contribution in [1.82, 2.24) is 9.29 Å². The molecule has 0 saturated carbocycles. The summed E-state index contributed by atoms with van der Waals surface area (Å²) in [7, 11) is -3.19. The van der Waals surface area contributed by atoms with Crippen molar-refractivity contribution in [2.24, 2.45) is 5.92 Å². The van der Waals surface area contributed by atoms with E-state index in [-0.39, 0.29) is 17.6 Å². The summed E-state index contributed by atoms with van der Waals surface area (Å²) in [6.45, 7) is 6.89. The molecule has 0 aliphatic carbocycles. The Hall–Kier alpha value is -1.29. The van der Waals surface area contributed by atoms with Crippen molar-refractivity contribution in [3.05, 3.63) is 21.9 Å². The van der Waals surface area contributed by atoms with Crippen LogP contribution in [0, 0.1) is 19.8 Å². The first kappa shape index (κ1) is 21.4. The van der Waals surface area contributed by atoms with Crippen molar-refractivity contribution in [1.29, 1.82) is 0 Å². The monoisotopic (exact) mass is 441 g/mol. The van der Waals surface area contributed by atoms with E-state index >= 15 is 0 Å². The Kier molecular flexibility index (Phi) is 6.90. The van der Waals surface area contributed by atoms with E-state index in [4.69, 9.17) is 0 Å². The van der Waals surface area contributed by atoms with E-state index in [1.54, 1.807) is 11.3 Å². The summed E-state index contributed by atoms with van der Waals surface area (Å²) < 4.78 is 26.2. The second-order valence-corrected chi connectivity index (χ2v) is 11.7. The van der Waals surface area contributed by atoms with Crippen LogP contribution in [0.2, 0.25) is 0 Å². The zero-order chi connectivity index (χ0) is 20.3. The van der Waals surface area contributed by atoms with Crippen LogP contribution in [0.25, 0.3) is 10.6 Å². The van der Waals surface area contributed by atoms with Crippen molar-refractivity contribution >= 4 is 43.7 Å². The van der Waals surface area contributed by atoms with E-state index in [1.807, 2.05) is 13.8 Å². The van der Waals surface area contributed by atoms with Gasteiger partial charge in [0.15, 0.2) is 5.13 Å². The van der Waals surface area contributed by atoms with Crippen LogP contribution >= 0.6 is 22.7 Å². The SMILES string of the molecule is CCCCS(=O)(=O)N1CCC(C(=O)Nc2nc(-c3ccc(C)s3)c(C)s2)CC1. The molecule has 1 amide bonds. The molecule has 0 bridgehead atoms. The number of sulfonamides is 1. The molecule has 9 heteroatoms. The molecule has 6 nitrogen and oxygen atoms in total. The first-order valence-corrected chi connectivity index (χ1v) is 12.9. The third-order valence-corrected chi connectivity index (χ3v) is 8.82. The van der Waals surface area contributed by atoms with Gasteiger partial charge in [-0.2, -0.15) is 0 Å². The number of anilines is 1. The highest BCUT2D eigenvalue weighted by Crippen LogP contribution is 2.34. The number of aromatic nitrogens is 1. The Labute approximate surface area is 175 Å². The number of hydrogen-bond donors (Lipinski definition) is 1. The Morgan fingerprint density at radius 1 is 1.25 bits per heavy atom. The summed E-state index contributed by atoms with van der Waals surface area (Å²) in [5, 5.41) is 3.55. The maximum atomic E-state index is 12.6. The van der Waals surface area contributed by atoms with Gasteiger partial charge in [-0.3, -0.25) is 4.79 Å². The zero-order valence-electron chi connectivity index (χ0n) is 16.5. The lowest BCUT2D eigenvalue weighted by molar-refractivity contribution is -0.120. The van der Waals surface area contributed by atoms with E-state index in [1.165, 1.54) is 20.5 Å². The fraction of sp³-hybridized carbons (Fsp3) is 0.579. The van der Waals surface area contributed by atoms with Gasteiger partial charge >= 0.3 is 0 Å². The number of amides is 1. The smallest absolute Gasteiger partial charge is 0.229 e. The van der Waals surface area contributed by atoms with Crippen LogP contribution in [0.1, 0.15) is 42.4 Å². The van der Waals surface area contributed by atoms with E-state index in [9.17, 15) is 13.2 Å². The van der Waals surface area contributed by atoms with E-state index in [2.05, 4.69) is 29.4 Å². The number of rotatable bonds is 7. The minimum atomic E-state index is -3.19. The molecule has 0 atom stereocenters. The molecule has 154 valence electrons. The fourth-order valence-electron chi connectivity index (χ4n) is 3.30. The number of nitrogens with zero attached hydrogens (tertiary/aromatic N) is 2. The van der Waals surface area contributed by atoms with Crippen LogP contribution in [-0.2, 0) is 14.8 Å². The highest BCUT2D eigenvalue weighted by Gasteiger charge is 2.31. The summed E-state index contributed by atoms with van der Waals surface area (Å²) in [5.74, 6) is -0.0356. The Morgan fingerprint density at radius 2 is 1.96 bits per heavy atom. The van der Waals surface area contributed by atoms with Crippen molar-refractivity contribution in [3.8, 4) is 10.6 Å². The van der Waals surface area contributed by atoms with E-state index in [0.717, 1.165) is 21.9 Å². The van der Waals surface area contributed by atoms with Gasteiger partial charge in [-0.05, 0) is 45.2 Å². The summed E-state index contributed by atoms with van der Waals surface area (Å²) >= 11 is 3.17. The highest BCUT2D eigenvalue weighted by atomic mass is 32.2. The number of carbonyl (C=O) groups is 1. The topological polar surface area (TPSA) is 79.4 Å². The minimum absolute atomic E-state index is 0.0618. The molecule has 1 aliphatic rings. The normalized spacial score (nSPS) is 16.4. The van der Waals surface area contributed by atoms with Gasteiger partial charge in [0.2, 0.25) is 15.9 Å². The molecule has 28 heavy (non-hydrogen) atoms. The van der Waals surface area contributed by atoms with Crippen molar-refractivity contribution in [3.63, 3.8) is 0 Å². The number of carbonyl (C=O) groups excluding carboxylic acids is 1. The standard InChI is InChI=1S/C19H27N3O3S3/c1-4-5-12-28(24,25)22-10-8-15(9-11-22)18(23)21-19-20-17(14(3)27-19)16-7-6-13(2)26-16/h6-7,15H,4-5,8-12H2,1-3H3,(H,20,21,23). The second-order valence-electron chi connectivity index (χ2n) is 7.17. The molecular weight excluding hydrogens is 414 g/mol. The van der Waals surface area contributed by atoms with Gasteiger partial charge in [-0.25, -0.2) is 17.7 Å². The number of thiazole rings is 1. The van der Waals surface area contributed by atoms with Crippen LogP contribution in [-0.4, -0.2) is 42.5 Å². The summed E-state index contributed by atoms with van der Waals surface area (Å²) in [4.78, 5) is 20.7. The number of piperidine rings is 1. The number of thiophene rings is 1. The zero-order valence-corrected chi connectivity index (χ0v) is 19.0. The third-order valence-electron chi connectivity index (χ3n) is 4.97. The van der Waals surface area contributed by atoms with Gasteiger partial charge in [0.1, 0.15) is 0 Å². The molecule has 1 aliphatic heterocycles. The van der Waals surface area contributed by atoms with Gasteiger partial charge in [-0.1, -0.05) is 13.3 Å². The highest BCUT2D eigenvalue weighted by molar-refractivity contribution is 7.89. The molecule has 0 spiro atoms. The van der Waals surface area contributed by atoms with Crippen LogP contribution in [0.3, 0.4) is 0 Å². The van der Waals surface area contributed by atoms with Gasteiger partial charge < -0.3 is 5.32 Å². The summed E-state index contributed by atoms with van der Waals surface area (Å²) in [5.41, 5.74) is 0.926. The average Bonchev–Trinajstić information content (AvgIpc) is 3.25. The third kappa shape index (κ3) is 5.00. The van der Waals surface area contributed by atoms with Crippen LogP contribution in [0.5, 0.6) is 0 Å². The van der Waals surface area contributed by atoms with Crippen molar-refractivity contribution < 1.29 is 13.2 Å². The van der Waals surface area contributed by atoms with E-state index < -0.39 is 10.0 Å². The van der Waals surface area contributed by atoms with E-state index in [0.29, 0.717) is 37.5 Å².